The Kier molecular flexibility index (Phi) is 5.58. The number of amides is 1. The Morgan fingerprint density at radius 3 is 2.82 bits per heavy atom. The van der Waals surface area contributed by atoms with Gasteiger partial charge in [0, 0.05) is 12.6 Å². The van der Waals surface area contributed by atoms with Crippen LogP contribution in [0.5, 0.6) is 5.75 Å². The molecule has 28 heavy (non-hydrogen) atoms. The van der Waals surface area contributed by atoms with Gasteiger partial charge in [0.2, 0.25) is 5.91 Å². The summed E-state index contributed by atoms with van der Waals surface area (Å²) < 4.78 is 7.84. The molecule has 1 fully saturated rings. The summed E-state index contributed by atoms with van der Waals surface area (Å²) in [4.78, 5) is 17.5. The number of fused-ring (bicyclic) bond motifs is 1. The number of piperidine rings is 1. The molecule has 2 atom stereocenters. The molecule has 2 aromatic carbocycles. The number of nitrogens with one attached hydrogen (secondary N) is 2. The Bertz CT molecular complexity index is 938. The van der Waals surface area contributed by atoms with Crippen molar-refractivity contribution in [3.63, 3.8) is 0 Å². The van der Waals surface area contributed by atoms with E-state index in [1.54, 1.807) is 0 Å². The lowest BCUT2D eigenvalue weighted by atomic mass is 9.95. The number of hydrogen-bond donors (Lipinski definition) is 2. The van der Waals surface area contributed by atoms with Crippen LogP contribution < -0.4 is 15.4 Å². The summed E-state index contributed by atoms with van der Waals surface area (Å²) in [5, 5.41) is 6.54. The first-order chi connectivity index (χ1) is 13.7. The van der Waals surface area contributed by atoms with Crippen LogP contribution in [0.3, 0.4) is 0 Å². The Labute approximate surface area is 164 Å². The fourth-order valence-corrected chi connectivity index (χ4v) is 3.66. The molecular weight excluding hydrogens is 352 g/mol. The van der Waals surface area contributed by atoms with Gasteiger partial charge in [0.05, 0.1) is 11.0 Å². The first-order valence-electron chi connectivity index (χ1n) is 9.83. The molecule has 0 aliphatic carbocycles. The number of rotatable bonds is 6. The van der Waals surface area contributed by atoms with E-state index in [0.717, 1.165) is 42.1 Å². The van der Waals surface area contributed by atoms with Crippen LogP contribution in [0.25, 0.3) is 11.0 Å². The number of benzene rings is 2. The van der Waals surface area contributed by atoms with E-state index in [2.05, 4.69) is 22.5 Å². The van der Waals surface area contributed by atoms with E-state index in [9.17, 15) is 4.79 Å². The maximum Gasteiger partial charge on any atom is 0.240 e. The lowest BCUT2D eigenvalue weighted by Crippen LogP contribution is -2.50. The number of imidazole rings is 1. The van der Waals surface area contributed by atoms with Gasteiger partial charge in [-0.3, -0.25) is 4.79 Å². The van der Waals surface area contributed by atoms with Gasteiger partial charge in [0.25, 0.3) is 0 Å². The highest BCUT2D eigenvalue weighted by molar-refractivity contribution is 5.81. The van der Waals surface area contributed by atoms with Gasteiger partial charge in [-0.05, 0) is 43.1 Å². The fourth-order valence-electron chi connectivity index (χ4n) is 3.66. The number of aromatic nitrogens is 2. The molecule has 3 aromatic rings. The monoisotopic (exact) mass is 378 g/mol. The zero-order valence-corrected chi connectivity index (χ0v) is 16.1. The van der Waals surface area contributed by atoms with Crippen LogP contribution in [-0.2, 0) is 17.9 Å². The Hall–Kier alpha value is -2.86. The van der Waals surface area contributed by atoms with Crippen LogP contribution in [0.4, 0.5) is 0 Å². The topological polar surface area (TPSA) is 68.2 Å². The molecule has 6 heteroatoms. The lowest BCUT2D eigenvalue weighted by molar-refractivity contribution is -0.122. The summed E-state index contributed by atoms with van der Waals surface area (Å²) in [7, 11) is 0. The van der Waals surface area contributed by atoms with Gasteiger partial charge in [0.1, 0.15) is 24.7 Å². The molecular formula is C22H26N4O2. The Balaban J connectivity index is 1.52. The summed E-state index contributed by atoms with van der Waals surface area (Å²) >= 11 is 0. The molecule has 1 saturated heterocycles. The van der Waals surface area contributed by atoms with Crippen LogP contribution in [0, 0.1) is 5.92 Å². The Morgan fingerprint density at radius 2 is 2.00 bits per heavy atom. The van der Waals surface area contributed by atoms with Crippen molar-refractivity contribution >= 4 is 16.9 Å². The van der Waals surface area contributed by atoms with E-state index < -0.39 is 0 Å². The summed E-state index contributed by atoms with van der Waals surface area (Å²) in [5.41, 5.74) is 1.81. The Morgan fingerprint density at radius 1 is 1.21 bits per heavy atom. The highest BCUT2D eigenvalue weighted by Gasteiger charge is 2.23. The molecule has 6 nitrogen and oxygen atoms in total. The van der Waals surface area contributed by atoms with Crippen molar-refractivity contribution in [1.82, 2.24) is 20.2 Å². The van der Waals surface area contributed by atoms with Crippen molar-refractivity contribution in [2.45, 2.75) is 32.5 Å². The molecule has 0 bridgehead atoms. The normalized spacial score (nSPS) is 19.5. The molecule has 2 N–H and O–H groups in total. The molecule has 2 heterocycles. The van der Waals surface area contributed by atoms with Crippen LogP contribution in [0.1, 0.15) is 19.2 Å². The second-order valence-electron chi connectivity index (χ2n) is 7.35. The van der Waals surface area contributed by atoms with E-state index in [1.165, 1.54) is 0 Å². The lowest BCUT2D eigenvalue weighted by Gasteiger charge is -2.30. The van der Waals surface area contributed by atoms with Crippen LogP contribution in [0.15, 0.2) is 54.6 Å². The highest BCUT2D eigenvalue weighted by Crippen LogP contribution is 2.19. The van der Waals surface area contributed by atoms with Gasteiger partial charge in [-0.2, -0.15) is 0 Å². The maximum absolute atomic E-state index is 12.8. The highest BCUT2D eigenvalue weighted by atomic mass is 16.5. The van der Waals surface area contributed by atoms with Crippen molar-refractivity contribution in [1.29, 1.82) is 0 Å². The minimum atomic E-state index is 0.00432. The van der Waals surface area contributed by atoms with E-state index in [-0.39, 0.29) is 18.5 Å². The summed E-state index contributed by atoms with van der Waals surface area (Å²) in [6, 6.07) is 17.7. The number of carbonyl (C=O) groups excluding carboxylic acids is 1. The molecule has 2 unspecified atom stereocenters. The minimum absolute atomic E-state index is 0.00432. The molecule has 1 aliphatic heterocycles. The largest absolute Gasteiger partial charge is 0.486 e. The SMILES string of the molecule is CC1CCNCC1NC(=O)Cn1c(COc2ccccc2)nc2ccccc21. The number of carbonyl (C=O) groups is 1. The number of ether oxygens (including phenoxy) is 1. The molecule has 4 rings (SSSR count). The minimum Gasteiger partial charge on any atom is -0.486 e. The first kappa shape index (κ1) is 18.5. The number of para-hydroxylation sites is 3. The molecule has 0 saturated carbocycles. The van der Waals surface area contributed by atoms with E-state index in [0.29, 0.717) is 12.5 Å². The van der Waals surface area contributed by atoms with Gasteiger partial charge in [0.15, 0.2) is 0 Å². The van der Waals surface area contributed by atoms with E-state index in [1.807, 2.05) is 59.2 Å². The van der Waals surface area contributed by atoms with Gasteiger partial charge in [-0.25, -0.2) is 4.98 Å². The van der Waals surface area contributed by atoms with Crippen molar-refractivity contribution in [2.75, 3.05) is 13.1 Å². The predicted octanol–water partition coefficient (Wildman–Crippen LogP) is 2.73. The summed E-state index contributed by atoms with van der Waals surface area (Å²) in [6.45, 7) is 4.57. The van der Waals surface area contributed by atoms with Crippen LogP contribution >= 0.6 is 0 Å². The predicted molar refractivity (Wildman–Crippen MR) is 109 cm³/mol. The summed E-state index contributed by atoms with van der Waals surface area (Å²) in [5.74, 6) is 2.01. The molecule has 146 valence electrons. The molecule has 1 amide bonds. The van der Waals surface area contributed by atoms with Gasteiger partial charge < -0.3 is 19.9 Å². The first-order valence-corrected chi connectivity index (χ1v) is 9.83. The second-order valence-corrected chi connectivity index (χ2v) is 7.35. The van der Waals surface area contributed by atoms with Crippen LogP contribution in [0.2, 0.25) is 0 Å². The second kappa shape index (κ2) is 8.44. The zero-order chi connectivity index (χ0) is 19.3. The third-order valence-electron chi connectivity index (χ3n) is 5.32. The van der Waals surface area contributed by atoms with E-state index in [4.69, 9.17) is 4.74 Å². The van der Waals surface area contributed by atoms with Crippen LogP contribution in [-0.4, -0.2) is 34.6 Å². The smallest absolute Gasteiger partial charge is 0.240 e. The maximum atomic E-state index is 12.8. The molecule has 1 aliphatic rings. The van der Waals surface area contributed by atoms with Gasteiger partial charge in [-0.15, -0.1) is 0 Å². The zero-order valence-electron chi connectivity index (χ0n) is 16.1. The fraction of sp³-hybridized carbons (Fsp3) is 0.364. The number of hydrogen-bond acceptors (Lipinski definition) is 4. The molecule has 0 radical (unpaired) electrons. The van der Waals surface area contributed by atoms with Crippen molar-refractivity contribution in [2.24, 2.45) is 5.92 Å². The summed E-state index contributed by atoms with van der Waals surface area (Å²) in [6.07, 6.45) is 1.08. The van der Waals surface area contributed by atoms with Crippen molar-refractivity contribution in [3.8, 4) is 5.75 Å². The van der Waals surface area contributed by atoms with Gasteiger partial charge >= 0.3 is 0 Å². The van der Waals surface area contributed by atoms with E-state index >= 15 is 0 Å². The standard InChI is InChI=1S/C22H26N4O2/c1-16-11-12-23-13-19(16)25-22(27)14-26-20-10-6-5-9-18(20)24-21(26)15-28-17-7-3-2-4-8-17/h2-10,16,19,23H,11-15H2,1H3,(H,25,27). The third-order valence-corrected chi connectivity index (χ3v) is 5.32. The molecule has 1 aromatic heterocycles. The average molecular weight is 378 g/mol. The van der Waals surface area contributed by atoms with Gasteiger partial charge in [-0.1, -0.05) is 37.3 Å². The average Bonchev–Trinajstić information content (AvgIpc) is 3.06. The quantitative estimate of drug-likeness (QED) is 0.692. The van der Waals surface area contributed by atoms with Crippen molar-refractivity contribution < 1.29 is 9.53 Å². The van der Waals surface area contributed by atoms with Crippen molar-refractivity contribution in [3.05, 3.63) is 60.4 Å². The third kappa shape index (κ3) is 4.17. The molecule has 0 spiro atoms. The number of nitrogens with zero attached hydrogens (tertiary/aromatic N) is 2.